The predicted molar refractivity (Wildman–Crippen MR) is 106 cm³/mol. The Balaban J connectivity index is 1.61. The number of amides is 1. The van der Waals surface area contributed by atoms with E-state index in [2.05, 4.69) is 34.6 Å². The Bertz CT molecular complexity index is 911. The number of hydrogen-bond donors (Lipinski definition) is 1. The Kier molecular flexibility index (Phi) is 4.50. The van der Waals surface area contributed by atoms with Crippen molar-refractivity contribution in [2.75, 3.05) is 18.8 Å². The Morgan fingerprint density at radius 1 is 1.23 bits per heavy atom. The van der Waals surface area contributed by atoms with E-state index in [1.165, 1.54) is 16.9 Å². The summed E-state index contributed by atoms with van der Waals surface area (Å²) in [4.78, 5) is 24.1. The van der Waals surface area contributed by atoms with E-state index in [-0.39, 0.29) is 11.3 Å². The monoisotopic (exact) mass is 384 g/mol. The number of rotatable bonds is 3. The van der Waals surface area contributed by atoms with Gasteiger partial charge in [-0.15, -0.1) is 11.3 Å². The van der Waals surface area contributed by atoms with Crippen molar-refractivity contribution >= 4 is 33.7 Å². The molecule has 1 saturated heterocycles. The van der Waals surface area contributed by atoms with Crippen molar-refractivity contribution in [2.45, 2.75) is 25.2 Å². The van der Waals surface area contributed by atoms with Crippen LogP contribution < -0.4 is 5.73 Å². The molecule has 0 unspecified atom stereocenters. The summed E-state index contributed by atoms with van der Waals surface area (Å²) in [5.41, 5.74) is 7.95. The van der Waals surface area contributed by atoms with Crippen LogP contribution in [0.5, 0.6) is 0 Å². The topological polar surface area (TPSA) is 72.1 Å². The van der Waals surface area contributed by atoms with Gasteiger partial charge in [-0.1, -0.05) is 41.7 Å². The second-order valence-electron chi connectivity index (χ2n) is 6.55. The first kappa shape index (κ1) is 17.2. The quantitative estimate of drug-likeness (QED) is 0.747. The zero-order valence-corrected chi connectivity index (χ0v) is 16.1. The third kappa shape index (κ3) is 3.01. The fraction of sp³-hybridized carbons (Fsp3) is 0.316. The minimum Gasteiger partial charge on any atom is -0.375 e. The molecule has 1 aromatic carbocycles. The first-order valence-corrected chi connectivity index (χ1v) is 10.3. The van der Waals surface area contributed by atoms with E-state index in [4.69, 9.17) is 10.7 Å². The van der Waals surface area contributed by atoms with E-state index in [0.29, 0.717) is 23.1 Å². The van der Waals surface area contributed by atoms with Crippen molar-refractivity contribution in [3.05, 3.63) is 63.1 Å². The van der Waals surface area contributed by atoms with E-state index in [0.717, 1.165) is 23.5 Å². The molecule has 26 heavy (non-hydrogen) atoms. The van der Waals surface area contributed by atoms with Gasteiger partial charge in [0.1, 0.15) is 4.88 Å². The Labute approximate surface area is 160 Å². The van der Waals surface area contributed by atoms with E-state index in [9.17, 15) is 4.79 Å². The van der Waals surface area contributed by atoms with Gasteiger partial charge in [0.15, 0.2) is 5.13 Å². The lowest BCUT2D eigenvalue weighted by Gasteiger charge is -2.41. The number of carbonyl (C=O) groups is 1. The van der Waals surface area contributed by atoms with Gasteiger partial charge in [0.05, 0.1) is 16.9 Å². The Morgan fingerprint density at radius 3 is 2.54 bits per heavy atom. The van der Waals surface area contributed by atoms with Crippen molar-refractivity contribution in [2.24, 2.45) is 0 Å². The molecule has 0 bridgehead atoms. The van der Waals surface area contributed by atoms with Crippen LogP contribution in [0, 0.1) is 6.92 Å². The van der Waals surface area contributed by atoms with Crippen LogP contribution in [-0.2, 0) is 5.41 Å². The van der Waals surface area contributed by atoms with Gasteiger partial charge in [0.2, 0.25) is 0 Å². The van der Waals surface area contributed by atoms with Gasteiger partial charge < -0.3 is 10.6 Å². The smallest absolute Gasteiger partial charge is 0.265 e. The number of nitrogens with zero attached hydrogens (tertiary/aromatic N) is 3. The summed E-state index contributed by atoms with van der Waals surface area (Å²) in [6.45, 7) is 3.43. The lowest BCUT2D eigenvalue weighted by atomic mass is 9.70. The molecule has 2 N–H and O–H groups in total. The Morgan fingerprint density at radius 2 is 1.96 bits per heavy atom. The molecule has 0 aliphatic carbocycles. The van der Waals surface area contributed by atoms with Gasteiger partial charge >= 0.3 is 0 Å². The number of benzene rings is 1. The van der Waals surface area contributed by atoms with Gasteiger partial charge in [0.25, 0.3) is 5.91 Å². The number of likely N-dealkylation sites (tertiary alicyclic amines) is 1. The molecule has 5 nitrogen and oxygen atoms in total. The van der Waals surface area contributed by atoms with E-state index >= 15 is 0 Å². The van der Waals surface area contributed by atoms with Crippen LogP contribution in [-0.4, -0.2) is 33.9 Å². The highest BCUT2D eigenvalue weighted by Gasteiger charge is 2.40. The molecule has 0 spiro atoms. The highest BCUT2D eigenvalue weighted by atomic mass is 32.1. The molecule has 3 aromatic rings. The molecule has 0 atom stereocenters. The summed E-state index contributed by atoms with van der Waals surface area (Å²) in [5, 5.41) is 3.68. The van der Waals surface area contributed by atoms with Gasteiger partial charge in [-0.05, 0) is 25.3 Å². The minimum atomic E-state index is -0.129. The number of hydrogen-bond acceptors (Lipinski definition) is 6. The largest absolute Gasteiger partial charge is 0.375 e. The predicted octanol–water partition coefficient (Wildman–Crippen LogP) is 3.71. The van der Waals surface area contributed by atoms with Crippen molar-refractivity contribution in [1.29, 1.82) is 0 Å². The Hall–Kier alpha value is -2.25. The third-order valence-corrected chi connectivity index (χ3v) is 6.66. The van der Waals surface area contributed by atoms with Crippen LogP contribution in [0.15, 0.2) is 41.9 Å². The number of thiazole rings is 2. The van der Waals surface area contributed by atoms with Crippen molar-refractivity contribution in [3.8, 4) is 0 Å². The van der Waals surface area contributed by atoms with Crippen molar-refractivity contribution in [1.82, 2.24) is 14.9 Å². The highest BCUT2D eigenvalue weighted by molar-refractivity contribution is 7.17. The number of aryl methyl sites for hydroxylation is 1. The minimum absolute atomic E-state index is 0.0234. The summed E-state index contributed by atoms with van der Waals surface area (Å²) in [6.07, 6.45) is 3.30. The number of nitrogens with two attached hydrogens (primary N) is 1. The zero-order chi connectivity index (χ0) is 18.1. The number of aromatic nitrogens is 2. The lowest BCUT2D eigenvalue weighted by Crippen LogP contribution is -2.45. The SMILES string of the molecule is Cc1nc(C2(c3ccccc3)CCN(C(=O)c3cnc(N)s3)CC2)cs1. The molecule has 1 aliphatic rings. The average Bonchev–Trinajstić information content (AvgIpc) is 3.31. The molecule has 134 valence electrons. The van der Waals surface area contributed by atoms with Gasteiger partial charge in [0, 0.05) is 23.9 Å². The summed E-state index contributed by atoms with van der Waals surface area (Å²) < 4.78 is 0. The molecule has 0 saturated carbocycles. The molecule has 7 heteroatoms. The van der Waals surface area contributed by atoms with Crippen LogP contribution in [0.25, 0.3) is 0 Å². The molecular weight excluding hydrogens is 364 g/mol. The third-order valence-electron chi connectivity index (χ3n) is 5.07. The van der Waals surface area contributed by atoms with E-state index < -0.39 is 0 Å². The summed E-state index contributed by atoms with van der Waals surface area (Å²) in [7, 11) is 0. The number of carbonyl (C=O) groups excluding carboxylic acids is 1. The van der Waals surface area contributed by atoms with Crippen molar-refractivity contribution < 1.29 is 4.79 Å². The summed E-state index contributed by atoms with van der Waals surface area (Å²) in [6, 6.07) is 10.5. The lowest BCUT2D eigenvalue weighted by molar-refractivity contribution is 0.0688. The molecule has 1 aliphatic heterocycles. The van der Waals surface area contributed by atoms with E-state index in [1.54, 1.807) is 17.5 Å². The molecule has 2 aromatic heterocycles. The average molecular weight is 385 g/mol. The summed E-state index contributed by atoms with van der Waals surface area (Å²) >= 11 is 2.94. The molecule has 1 fully saturated rings. The maximum absolute atomic E-state index is 12.7. The summed E-state index contributed by atoms with van der Waals surface area (Å²) in [5.74, 6) is 0.0234. The van der Waals surface area contributed by atoms with Crippen LogP contribution >= 0.6 is 22.7 Å². The molecular formula is C19H20N4OS2. The second-order valence-corrected chi connectivity index (χ2v) is 8.68. The van der Waals surface area contributed by atoms with Gasteiger partial charge in [-0.3, -0.25) is 4.79 Å². The fourth-order valence-corrected chi connectivity index (χ4v) is 5.03. The number of nitrogen functional groups attached to an aromatic ring is 1. The maximum atomic E-state index is 12.7. The number of anilines is 1. The van der Waals surface area contributed by atoms with Gasteiger partial charge in [-0.25, -0.2) is 9.97 Å². The molecule has 0 radical (unpaired) electrons. The van der Waals surface area contributed by atoms with Gasteiger partial charge in [-0.2, -0.15) is 0 Å². The fourth-order valence-electron chi connectivity index (χ4n) is 3.67. The standard InChI is InChI=1S/C19H20N4OS2/c1-13-22-16(12-25-13)19(14-5-3-2-4-6-14)7-9-23(10-8-19)17(24)15-11-21-18(20)26-15/h2-6,11-12H,7-10H2,1H3,(H2,20,21). The second kappa shape index (κ2) is 6.81. The van der Waals surface area contributed by atoms with Crippen LogP contribution in [0.2, 0.25) is 0 Å². The van der Waals surface area contributed by atoms with Crippen molar-refractivity contribution in [3.63, 3.8) is 0 Å². The molecule has 3 heterocycles. The highest BCUT2D eigenvalue weighted by Crippen LogP contribution is 2.42. The first-order chi connectivity index (χ1) is 12.6. The zero-order valence-electron chi connectivity index (χ0n) is 14.5. The first-order valence-electron chi connectivity index (χ1n) is 8.57. The van der Waals surface area contributed by atoms with Crippen LogP contribution in [0.1, 0.15) is 38.8 Å². The normalized spacial score (nSPS) is 16.6. The molecule has 1 amide bonds. The number of piperidine rings is 1. The van der Waals surface area contributed by atoms with Crippen LogP contribution in [0.4, 0.5) is 5.13 Å². The van der Waals surface area contributed by atoms with Crippen LogP contribution in [0.3, 0.4) is 0 Å². The molecule has 4 rings (SSSR count). The maximum Gasteiger partial charge on any atom is 0.265 e. The van der Waals surface area contributed by atoms with E-state index in [1.807, 2.05) is 17.9 Å².